The number of nitrogens with zero attached hydrogens (tertiary/aromatic N) is 5. The molecular formula is C21H21N5O2. The largest absolute Gasteiger partial charge is 0.328 e. The van der Waals surface area contributed by atoms with Gasteiger partial charge in [0.1, 0.15) is 5.82 Å². The molecule has 1 aliphatic rings. The Morgan fingerprint density at radius 3 is 2.64 bits per heavy atom. The van der Waals surface area contributed by atoms with Crippen molar-refractivity contribution in [3.8, 4) is 11.4 Å². The summed E-state index contributed by atoms with van der Waals surface area (Å²) >= 11 is 0. The van der Waals surface area contributed by atoms with E-state index in [9.17, 15) is 9.59 Å². The molecule has 3 heterocycles. The highest BCUT2D eigenvalue weighted by Gasteiger charge is 2.28. The zero-order chi connectivity index (χ0) is 19.8. The van der Waals surface area contributed by atoms with Crippen LogP contribution in [0, 0.1) is 6.92 Å². The average molecular weight is 375 g/mol. The Balaban J connectivity index is 1.61. The minimum absolute atomic E-state index is 0.0871. The summed E-state index contributed by atoms with van der Waals surface area (Å²) in [5.41, 5.74) is 3.59. The van der Waals surface area contributed by atoms with Crippen molar-refractivity contribution in [2.24, 2.45) is 7.05 Å². The van der Waals surface area contributed by atoms with Gasteiger partial charge < -0.3 is 4.90 Å². The lowest BCUT2D eigenvalue weighted by Gasteiger charge is -2.15. The molecule has 28 heavy (non-hydrogen) atoms. The van der Waals surface area contributed by atoms with Crippen LogP contribution >= 0.6 is 0 Å². The molecule has 4 rings (SSSR count). The maximum Gasteiger partial charge on any atom is 0.258 e. The minimum atomic E-state index is -0.135. The Labute approximate surface area is 162 Å². The van der Waals surface area contributed by atoms with E-state index in [0.717, 1.165) is 17.5 Å². The van der Waals surface area contributed by atoms with Crippen LogP contribution in [0.5, 0.6) is 0 Å². The maximum absolute atomic E-state index is 13.0. The zero-order valence-corrected chi connectivity index (χ0v) is 16.1. The van der Waals surface area contributed by atoms with Gasteiger partial charge in [-0.1, -0.05) is 19.1 Å². The molecule has 0 saturated heterocycles. The highest BCUT2D eigenvalue weighted by atomic mass is 16.2. The number of hydrogen-bond acceptors (Lipinski definition) is 5. The third-order valence-corrected chi connectivity index (χ3v) is 5.15. The fraction of sp³-hybridized carbons (Fsp3) is 0.286. The number of benzene rings is 1. The summed E-state index contributed by atoms with van der Waals surface area (Å²) in [6, 6.07) is 7.27. The second-order valence-corrected chi connectivity index (χ2v) is 6.96. The van der Waals surface area contributed by atoms with Crippen LogP contribution in [0.3, 0.4) is 0 Å². The summed E-state index contributed by atoms with van der Waals surface area (Å²) in [7, 11) is 1.70. The standard InChI is InChI=1S/C21H21N5O2/c1-4-14-9-22-19(23-10-14)15-6-5-7-16(8-15)20(27)26-11-17-18(12-26)24-13(2)25(3)21(17)28/h5-10H,4,11-12H2,1-3H3. The van der Waals surface area contributed by atoms with Crippen molar-refractivity contribution >= 4 is 5.91 Å². The molecule has 2 aromatic heterocycles. The van der Waals surface area contributed by atoms with Crippen molar-refractivity contribution in [2.45, 2.75) is 33.4 Å². The van der Waals surface area contributed by atoms with Crippen LogP contribution in [0.15, 0.2) is 41.5 Å². The smallest absolute Gasteiger partial charge is 0.258 e. The van der Waals surface area contributed by atoms with Gasteiger partial charge in [-0.15, -0.1) is 0 Å². The van der Waals surface area contributed by atoms with Crippen LogP contribution in [0.2, 0.25) is 0 Å². The van der Waals surface area contributed by atoms with E-state index in [1.807, 2.05) is 12.1 Å². The van der Waals surface area contributed by atoms with Crippen LogP contribution in [0.4, 0.5) is 0 Å². The summed E-state index contributed by atoms with van der Waals surface area (Å²) < 4.78 is 1.52. The Kier molecular flexibility index (Phi) is 4.50. The number of fused-ring (bicyclic) bond motifs is 1. The number of carbonyl (C=O) groups is 1. The van der Waals surface area contributed by atoms with Gasteiger partial charge in [0.05, 0.1) is 24.3 Å². The van der Waals surface area contributed by atoms with Gasteiger partial charge in [0.15, 0.2) is 5.82 Å². The first-order valence-electron chi connectivity index (χ1n) is 9.24. The van der Waals surface area contributed by atoms with Crippen LogP contribution in [-0.2, 0) is 26.6 Å². The van der Waals surface area contributed by atoms with E-state index in [0.29, 0.717) is 35.0 Å². The van der Waals surface area contributed by atoms with Crippen molar-refractivity contribution in [1.29, 1.82) is 0 Å². The molecule has 0 fully saturated rings. The lowest BCUT2D eigenvalue weighted by Crippen LogP contribution is -2.27. The van der Waals surface area contributed by atoms with Crippen LogP contribution in [0.25, 0.3) is 11.4 Å². The molecule has 1 aliphatic heterocycles. The van der Waals surface area contributed by atoms with Gasteiger partial charge in [-0.2, -0.15) is 0 Å². The van der Waals surface area contributed by atoms with E-state index in [2.05, 4.69) is 21.9 Å². The molecule has 3 aromatic rings. The quantitative estimate of drug-likeness (QED) is 0.701. The van der Waals surface area contributed by atoms with Crippen LogP contribution in [-0.4, -0.2) is 30.3 Å². The predicted molar refractivity (Wildman–Crippen MR) is 105 cm³/mol. The van der Waals surface area contributed by atoms with E-state index < -0.39 is 0 Å². The molecule has 0 saturated carbocycles. The number of amides is 1. The van der Waals surface area contributed by atoms with Crippen molar-refractivity contribution in [3.05, 3.63) is 75.2 Å². The highest BCUT2D eigenvalue weighted by Crippen LogP contribution is 2.23. The van der Waals surface area contributed by atoms with E-state index in [1.165, 1.54) is 4.57 Å². The van der Waals surface area contributed by atoms with Crippen molar-refractivity contribution in [1.82, 2.24) is 24.4 Å². The Hall–Kier alpha value is -3.35. The summed E-state index contributed by atoms with van der Waals surface area (Å²) in [6.07, 6.45) is 4.48. The van der Waals surface area contributed by atoms with Gasteiger partial charge in [0, 0.05) is 30.6 Å². The molecule has 7 heteroatoms. The normalized spacial score (nSPS) is 12.9. The molecule has 0 bridgehead atoms. The summed E-state index contributed by atoms with van der Waals surface area (Å²) in [6.45, 7) is 4.46. The van der Waals surface area contributed by atoms with Gasteiger partial charge in [0.2, 0.25) is 0 Å². The molecule has 1 amide bonds. The predicted octanol–water partition coefficient (Wildman–Crippen LogP) is 2.26. The molecule has 0 spiro atoms. The molecule has 142 valence electrons. The monoisotopic (exact) mass is 375 g/mol. The Morgan fingerprint density at radius 2 is 1.93 bits per heavy atom. The lowest BCUT2D eigenvalue weighted by molar-refractivity contribution is 0.0750. The number of hydrogen-bond donors (Lipinski definition) is 0. The van der Waals surface area contributed by atoms with Gasteiger partial charge >= 0.3 is 0 Å². The van der Waals surface area contributed by atoms with E-state index >= 15 is 0 Å². The molecular weight excluding hydrogens is 354 g/mol. The van der Waals surface area contributed by atoms with Gasteiger partial charge in [-0.3, -0.25) is 14.2 Å². The summed E-state index contributed by atoms with van der Waals surface area (Å²) in [5.74, 6) is 1.10. The molecule has 0 N–H and O–H groups in total. The third-order valence-electron chi connectivity index (χ3n) is 5.15. The fourth-order valence-electron chi connectivity index (χ4n) is 3.33. The van der Waals surface area contributed by atoms with E-state index in [-0.39, 0.29) is 18.0 Å². The summed E-state index contributed by atoms with van der Waals surface area (Å²) in [5, 5.41) is 0. The maximum atomic E-state index is 13.0. The van der Waals surface area contributed by atoms with E-state index in [4.69, 9.17) is 0 Å². The second-order valence-electron chi connectivity index (χ2n) is 6.96. The first kappa shape index (κ1) is 18.0. The number of carbonyl (C=O) groups excluding carboxylic acids is 1. The number of aromatic nitrogens is 4. The molecule has 0 unspecified atom stereocenters. The number of aryl methyl sites for hydroxylation is 2. The third kappa shape index (κ3) is 3.09. The Bertz CT molecular complexity index is 1120. The van der Waals surface area contributed by atoms with Crippen LogP contribution < -0.4 is 5.56 Å². The van der Waals surface area contributed by atoms with Gasteiger partial charge in [-0.25, -0.2) is 15.0 Å². The molecule has 0 radical (unpaired) electrons. The SMILES string of the molecule is CCc1cnc(-c2cccc(C(=O)N3Cc4nc(C)n(C)c(=O)c4C3)c2)nc1. The van der Waals surface area contributed by atoms with E-state index in [1.54, 1.807) is 43.4 Å². The summed E-state index contributed by atoms with van der Waals surface area (Å²) in [4.78, 5) is 40.4. The average Bonchev–Trinajstić information content (AvgIpc) is 3.15. The van der Waals surface area contributed by atoms with Crippen molar-refractivity contribution in [2.75, 3.05) is 0 Å². The first-order valence-corrected chi connectivity index (χ1v) is 9.24. The Morgan fingerprint density at radius 1 is 1.18 bits per heavy atom. The van der Waals surface area contributed by atoms with Gasteiger partial charge in [0.25, 0.3) is 11.5 Å². The molecule has 0 atom stereocenters. The van der Waals surface area contributed by atoms with Gasteiger partial charge in [-0.05, 0) is 31.0 Å². The fourth-order valence-corrected chi connectivity index (χ4v) is 3.33. The van der Waals surface area contributed by atoms with Crippen molar-refractivity contribution in [3.63, 3.8) is 0 Å². The topological polar surface area (TPSA) is 81.0 Å². The highest BCUT2D eigenvalue weighted by molar-refractivity contribution is 5.95. The second kappa shape index (κ2) is 6.99. The number of rotatable bonds is 3. The zero-order valence-electron chi connectivity index (χ0n) is 16.1. The molecule has 1 aromatic carbocycles. The van der Waals surface area contributed by atoms with Crippen LogP contribution in [0.1, 0.15) is 39.9 Å². The lowest BCUT2D eigenvalue weighted by atomic mass is 10.1. The molecule has 0 aliphatic carbocycles. The first-order chi connectivity index (χ1) is 13.5. The van der Waals surface area contributed by atoms with Crippen molar-refractivity contribution < 1.29 is 4.79 Å². The molecule has 7 nitrogen and oxygen atoms in total. The minimum Gasteiger partial charge on any atom is -0.328 e.